The van der Waals surface area contributed by atoms with Crippen molar-refractivity contribution in [2.24, 2.45) is 0 Å². The van der Waals surface area contributed by atoms with Gasteiger partial charge in [0.2, 0.25) is 0 Å². The SMILES string of the molecule is CC(C)(C)c1ccc(OC(=O)CCC(=O)O)c(C(C)(C)C)c1. The van der Waals surface area contributed by atoms with E-state index in [1.165, 1.54) is 5.56 Å². The molecule has 4 nitrogen and oxygen atoms in total. The Morgan fingerprint density at radius 2 is 1.59 bits per heavy atom. The zero-order chi connectivity index (χ0) is 17.1. The lowest BCUT2D eigenvalue weighted by Gasteiger charge is -2.26. The molecule has 4 heteroatoms. The summed E-state index contributed by atoms with van der Waals surface area (Å²) >= 11 is 0. The van der Waals surface area contributed by atoms with Crippen LogP contribution in [0.15, 0.2) is 18.2 Å². The smallest absolute Gasteiger partial charge is 0.311 e. The second kappa shape index (κ2) is 6.51. The van der Waals surface area contributed by atoms with E-state index in [1.807, 2.05) is 6.07 Å². The highest BCUT2D eigenvalue weighted by Crippen LogP contribution is 2.35. The second-order valence-electron chi connectivity index (χ2n) is 7.58. The molecule has 0 aliphatic heterocycles. The molecule has 0 atom stereocenters. The predicted octanol–water partition coefficient (Wildman–Crippen LogP) is 4.05. The van der Waals surface area contributed by atoms with E-state index >= 15 is 0 Å². The molecule has 0 spiro atoms. The van der Waals surface area contributed by atoms with Crippen LogP contribution in [-0.2, 0) is 20.4 Å². The number of carbonyl (C=O) groups excluding carboxylic acids is 1. The molecule has 0 aromatic heterocycles. The number of hydrogen-bond acceptors (Lipinski definition) is 3. The molecule has 1 N–H and O–H groups in total. The van der Waals surface area contributed by atoms with Gasteiger partial charge in [-0.05, 0) is 22.5 Å². The van der Waals surface area contributed by atoms with E-state index in [4.69, 9.17) is 9.84 Å². The molecule has 22 heavy (non-hydrogen) atoms. The van der Waals surface area contributed by atoms with Gasteiger partial charge in [-0.15, -0.1) is 0 Å². The maximum absolute atomic E-state index is 11.8. The zero-order valence-electron chi connectivity index (χ0n) is 14.3. The van der Waals surface area contributed by atoms with Crippen molar-refractivity contribution in [2.75, 3.05) is 0 Å². The molecule has 0 amide bonds. The summed E-state index contributed by atoms with van der Waals surface area (Å²) in [5.74, 6) is -1.01. The molecule has 0 fully saturated rings. The van der Waals surface area contributed by atoms with Crippen LogP contribution < -0.4 is 4.74 Å². The van der Waals surface area contributed by atoms with Gasteiger partial charge in [0.15, 0.2) is 0 Å². The first-order valence-corrected chi connectivity index (χ1v) is 7.49. The molecular weight excluding hydrogens is 280 g/mol. The maximum Gasteiger partial charge on any atom is 0.311 e. The van der Waals surface area contributed by atoms with E-state index in [0.29, 0.717) is 5.75 Å². The molecule has 1 aromatic rings. The van der Waals surface area contributed by atoms with Crippen LogP contribution in [0.1, 0.15) is 65.5 Å². The average molecular weight is 306 g/mol. The molecule has 0 unspecified atom stereocenters. The Morgan fingerprint density at radius 3 is 2.05 bits per heavy atom. The van der Waals surface area contributed by atoms with Gasteiger partial charge in [0.1, 0.15) is 5.75 Å². The van der Waals surface area contributed by atoms with Gasteiger partial charge in [-0.3, -0.25) is 9.59 Å². The van der Waals surface area contributed by atoms with Crippen LogP contribution in [0.2, 0.25) is 0 Å². The summed E-state index contributed by atoms with van der Waals surface area (Å²) in [4.78, 5) is 22.3. The number of esters is 1. The van der Waals surface area contributed by atoms with E-state index in [2.05, 4.69) is 47.6 Å². The van der Waals surface area contributed by atoms with E-state index in [1.54, 1.807) is 6.07 Å². The quantitative estimate of drug-likeness (QED) is 0.673. The third kappa shape index (κ3) is 5.17. The summed E-state index contributed by atoms with van der Waals surface area (Å²) in [5, 5.41) is 8.63. The first-order chi connectivity index (χ1) is 9.91. The molecule has 0 saturated carbocycles. The minimum atomic E-state index is -1.00. The lowest BCUT2D eigenvalue weighted by molar-refractivity contribution is -0.142. The lowest BCUT2D eigenvalue weighted by Crippen LogP contribution is -2.19. The average Bonchev–Trinajstić information content (AvgIpc) is 2.34. The summed E-state index contributed by atoms with van der Waals surface area (Å²) in [6.07, 6.45) is -0.344. The summed E-state index contributed by atoms with van der Waals surface area (Å²) in [6, 6.07) is 5.83. The molecule has 0 saturated heterocycles. The Hall–Kier alpha value is -1.84. The fourth-order valence-corrected chi connectivity index (χ4v) is 2.05. The highest BCUT2D eigenvalue weighted by Gasteiger charge is 2.24. The molecule has 0 aliphatic rings. The number of carbonyl (C=O) groups is 2. The fourth-order valence-electron chi connectivity index (χ4n) is 2.05. The summed E-state index contributed by atoms with van der Waals surface area (Å²) in [5.41, 5.74) is 1.95. The Bertz CT molecular complexity index is 559. The van der Waals surface area contributed by atoms with Crippen LogP contribution in [0, 0.1) is 0 Å². The lowest BCUT2D eigenvalue weighted by atomic mass is 9.80. The summed E-state index contributed by atoms with van der Waals surface area (Å²) < 4.78 is 5.39. The van der Waals surface area contributed by atoms with Gasteiger partial charge < -0.3 is 9.84 Å². The van der Waals surface area contributed by atoms with E-state index in [-0.39, 0.29) is 23.7 Å². The number of rotatable bonds is 4. The molecule has 1 rings (SSSR count). The van der Waals surface area contributed by atoms with E-state index in [0.717, 1.165) is 5.56 Å². The first-order valence-electron chi connectivity index (χ1n) is 7.49. The third-order valence-electron chi connectivity index (χ3n) is 3.42. The van der Waals surface area contributed by atoms with Crippen molar-refractivity contribution in [3.8, 4) is 5.75 Å². The molecule has 0 aliphatic carbocycles. The Labute approximate surface area is 132 Å². The number of ether oxygens (including phenoxy) is 1. The van der Waals surface area contributed by atoms with Crippen LogP contribution in [0.25, 0.3) is 0 Å². The standard InChI is InChI=1S/C18H26O4/c1-17(2,3)12-7-8-14(13(11-12)18(4,5)6)22-16(21)10-9-15(19)20/h7-8,11H,9-10H2,1-6H3,(H,19,20). The van der Waals surface area contributed by atoms with Crippen LogP contribution in [-0.4, -0.2) is 17.0 Å². The minimum absolute atomic E-state index is 0.00580. The minimum Gasteiger partial charge on any atom is -0.481 e. The Morgan fingerprint density at radius 1 is 1.00 bits per heavy atom. The van der Waals surface area contributed by atoms with Crippen molar-refractivity contribution in [2.45, 2.75) is 65.2 Å². The van der Waals surface area contributed by atoms with Crippen molar-refractivity contribution in [1.82, 2.24) is 0 Å². The van der Waals surface area contributed by atoms with E-state index in [9.17, 15) is 9.59 Å². The Kier molecular flexibility index (Phi) is 5.39. The highest BCUT2D eigenvalue weighted by atomic mass is 16.5. The monoisotopic (exact) mass is 306 g/mol. The topological polar surface area (TPSA) is 63.6 Å². The van der Waals surface area contributed by atoms with Crippen LogP contribution in [0.5, 0.6) is 5.75 Å². The summed E-state index contributed by atoms with van der Waals surface area (Å²) in [7, 11) is 0. The molecule has 0 radical (unpaired) electrons. The fraction of sp³-hybridized carbons (Fsp3) is 0.556. The normalized spacial score (nSPS) is 12.1. The first kappa shape index (κ1) is 18.2. The van der Waals surface area contributed by atoms with Crippen LogP contribution in [0.4, 0.5) is 0 Å². The summed E-state index contributed by atoms with van der Waals surface area (Å²) in [6.45, 7) is 12.6. The third-order valence-corrected chi connectivity index (χ3v) is 3.42. The largest absolute Gasteiger partial charge is 0.481 e. The van der Waals surface area contributed by atoms with Gasteiger partial charge in [0.05, 0.1) is 12.8 Å². The molecule has 0 bridgehead atoms. The van der Waals surface area contributed by atoms with Crippen molar-refractivity contribution in [3.63, 3.8) is 0 Å². The maximum atomic E-state index is 11.8. The molecular formula is C18H26O4. The van der Waals surface area contributed by atoms with Gasteiger partial charge in [-0.25, -0.2) is 0 Å². The number of aliphatic carboxylic acids is 1. The van der Waals surface area contributed by atoms with Crippen molar-refractivity contribution in [1.29, 1.82) is 0 Å². The number of carboxylic acids is 1. The van der Waals surface area contributed by atoms with Crippen molar-refractivity contribution >= 4 is 11.9 Å². The second-order valence-corrected chi connectivity index (χ2v) is 7.58. The molecule has 122 valence electrons. The van der Waals surface area contributed by atoms with Gasteiger partial charge in [-0.1, -0.05) is 53.7 Å². The van der Waals surface area contributed by atoms with Crippen molar-refractivity contribution in [3.05, 3.63) is 29.3 Å². The number of benzene rings is 1. The Balaban J connectivity index is 3.09. The van der Waals surface area contributed by atoms with Crippen molar-refractivity contribution < 1.29 is 19.4 Å². The predicted molar refractivity (Wildman–Crippen MR) is 86.3 cm³/mol. The van der Waals surface area contributed by atoms with Crippen LogP contribution in [0.3, 0.4) is 0 Å². The van der Waals surface area contributed by atoms with Gasteiger partial charge >= 0.3 is 11.9 Å². The van der Waals surface area contributed by atoms with Gasteiger partial charge in [0.25, 0.3) is 0 Å². The number of carboxylic acid groups (broad SMARTS) is 1. The van der Waals surface area contributed by atoms with Gasteiger partial charge in [0, 0.05) is 5.56 Å². The van der Waals surface area contributed by atoms with E-state index < -0.39 is 11.9 Å². The zero-order valence-corrected chi connectivity index (χ0v) is 14.3. The molecule has 1 aromatic carbocycles. The number of hydrogen-bond donors (Lipinski definition) is 1. The molecule has 0 heterocycles. The van der Waals surface area contributed by atoms with Crippen LogP contribution >= 0.6 is 0 Å². The van der Waals surface area contributed by atoms with Gasteiger partial charge in [-0.2, -0.15) is 0 Å². The highest BCUT2D eigenvalue weighted by molar-refractivity contribution is 5.78.